The van der Waals surface area contributed by atoms with Crippen molar-refractivity contribution in [3.8, 4) is 5.75 Å². The molecule has 1 atom stereocenters. The van der Waals surface area contributed by atoms with E-state index >= 15 is 0 Å². The summed E-state index contributed by atoms with van der Waals surface area (Å²) in [5, 5.41) is 10.1. The second-order valence-corrected chi connectivity index (χ2v) is 5.00. The van der Waals surface area contributed by atoms with Crippen LogP contribution in [0.2, 0.25) is 0 Å². The molecule has 0 aliphatic carbocycles. The number of carbonyl (C=O) groups is 1. The molecule has 0 radical (unpaired) electrons. The molecule has 7 heteroatoms. The summed E-state index contributed by atoms with van der Waals surface area (Å²) < 4.78 is 20.7. The molecule has 0 saturated heterocycles. The maximum atomic E-state index is 11.9. The maximum absolute atomic E-state index is 11.9. The molecule has 124 valence electrons. The normalized spacial score (nSPS) is 12.1. The van der Waals surface area contributed by atoms with Crippen LogP contribution in [-0.4, -0.2) is 25.3 Å². The van der Waals surface area contributed by atoms with Crippen molar-refractivity contribution in [2.24, 2.45) is 0 Å². The van der Waals surface area contributed by atoms with Crippen molar-refractivity contribution in [2.45, 2.75) is 25.9 Å². The molecule has 0 spiro atoms. The molecule has 0 aliphatic rings. The zero-order valence-corrected chi connectivity index (χ0v) is 13.1. The highest BCUT2D eigenvalue weighted by atomic mass is 16.5. The maximum Gasteiger partial charge on any atom is 0.306 e. The van der Waals surface area contributed by atoms with E-state index in [1.54, 1.807) is 19.1 Å². The van der Waals surface area contributed by atoms with Gasteiger partial charge in [0.05, 0.1) is 19.4 Å². The topological polar surface area (TPSA) is 99.1 Å². The van der Waals surface area contributed by atoms with Crippen molar-refractivity contribution in [2.75, 3.05) is 14.2 Å². The number of furan rings is 1. The van der Waals surface area contributed by atoms with Gasteiger partial charge in [-0.05, 0) is 19.1 Å². The lowest BCUT2D eigenvalue weighted by Crippen LogP contribution is -2.13. The fourth-order valence-electron chi connectivity index (χ4n) is 2.22. The van der Waals surface area contributed by atoms with Crippen molar-refractivity contribution in [1.82, 2.24) is 0 Å². The molecule has 0 unspecified atom stereocenters. The van der Waals surface area contributed by atoms with Gasteiger partial charge in [-0.3, -0.25) is 9.59 Å². The Morgan fingerprint density at radius 2 is 2.04 bits per heavy atom. The van der Waals surface area contributed by atoms with Gasteiger partial charge in [-0.1, -0.05) is 0 Å². The zero-order valence-electron chi connectivity index (χ0n) is 13.1. The third-order valence-corrected chi connectivity index (χ3v) is 3.31. The Kier molecular flexibility index (Phi) is 5.23. The molecular weight excluding hydrogens is 304 g/mol. The molecule has 23 heavy (non-hydrogen) atoms. The highest BCUT2D eigenvalue weighted by Crippen LogP contribution is 2.34. The van der Waals surface area contributed by atoms with Gasteiger partial charge in [0.2, 0.25) is 11.2 Å². The molecule has 0 aliphatic heterocycles. The summed E-state index contributed by atoms with van der Waals surface area (Å²) in [6, 6.07) is 4.52. The average molecular weight is 322 g/mol. The highest BCUT2D eigenvalue weighted by Gasteiger charge is 2.28. The third kappa shape index (κ3) is 3.81. The van der Waals surface area contributed by atoms with Crippen molar-refractivity contribution in [3.05, 3.63) is 51.5 Å². The Balaban J connectivity index is 2.54. The minimum absolute atomic E-state index is 0.0516. The standard InChI is InChI=1S/C16H18O7/c1-9-4-5-13(22-9)11(7-14(18)21-3)16-15(19)12(17)6-10(23-16)8-20-2/h4-6,11,19H,7-8H2,1-3H3/t11-/m1/s1. The number of ether oxygens (including phenoxy) is 2. The number of hydrogen-bond acceptors (Lipinski definition) is 7. The number of carbonyl (C=O) groups excluding carboxylic acids is 1. The molecule has 2 aromatic heterocycles. The van der Waals surface area contributed by atoms with Crippen LogP contribution in [0.25, 0.3) is 0 Å². The summed E-state index contributed by atoms with van der Waals surface area (Å²) in [5.74, 6) is -0.657. The lowest BCUT2D eigenvalue weighted by atomic mass is 9.98. The van der Waals surface area contributed by atoms with Gasteiger partial charge >= 0.3 is 5.97 Å². The van der Waals surface area contributed by atoms with Crippen molar-refractivity contribution >= 4 is 5.97 Å². The number of aryl methyl sites for hydroxylation is 1. The van der Waals surface area contributed by atoms with Crippen LogP contribution in [0.4, 0.5) is 0 Å². The monoisotopic (exact) mass is 322 g/mol. The second-order valence-electron chi connectivity index (χ2n) is 5.00. The molecule has 2 rings (SSSR count). The van der Waals surface area contributed by atoms with Crippen LogP contribution < -0.4 is 5.43 Å². The first kappa shape index (κ1) is 16.8. The quantitative estimate of drug-likeness (QED) is 0.813. The molecule has 0 bridgehead atoms. The predicted octanol–water partition coefficient (Wildman–Crippen LogP) is 2.09. The molecule has 0 saturated carbocycles. The van der Waals surface area contributed by atoms with Crippen LogP contribution in [0.3, 0.4) is 0 Å². The molecule has 1 N–H and O–H groups in total. The largest absolute Gasteiger partial charge is 0.502 e. The van der Waals surface area contributed by atoms with E-state index in [9.17, 15) is 14.7 Å². The lowest BCUT2D eigenvalue weighted by Gasteiger charge is -2.15. The molecule has 0 fully saturated rings. The van der Waals surface area contributed by atoms with E-state index < -0.39 is 23.1 Å². The van der Waals surface area contributed by atoms with E-state index in [-0.39, 0.29) is 24.5 Å². The van der Waals surface area contributed by atoms with Gasteiger partial charge in [0.25, 0.3) is 0 Å². The molecule has 2 aromatic rings. The van der Waals surface area contributed by atoms with E-state index in [0.717, 1.165) is 6.07 Å². The van der Waals surface area contributed by atoms with Crippen LogP contribution in [0.5, 0.6) is 5.75 Å². The zero-order chi connectivity index (χ0) is 17.0. The second kappa shape index (κ2) is 7.15. The third-order valence-electron chi connectivity index (χ3n) is 3.31. The van der Waals surface area contributed by atoms with Crippen LogP contribution in [0.15, 0.2) is 31.8 Å². The molecular formula is C16H18O7. The van der Waals surface area contributed by atoms with E-state index in [2.05, 4.69) is 4.74 Å². The molecule has 0 aromatic carbocycles. The summed E-state index contributed by atoms with van der Waals surface area (Å²) in [7, 11) is 2.71. The van der Waals surface area contributed by atoms with E-state index in [1.165, 1.54) is 14.2 Å². The Hall–Kier alpha value is -2.54. The molecule has 7 nitrogen and oxygen atoms in total. The number of hydrogen-bond donors (Lipinski definition) is 1. The van der Waals surface area contributed by atoms with Crippen LogP contribution in [0, 0.1) is 6.92 Å². The van der Waals surface area contributed by atoms with Gasteiger partial charge in [0, 0.05) is 13.2 Å². The average Bonchev–Trinajstić information content (AvgIpc) is 2.95. The Bertz CT molecular complexity index is 741. The number of methoxy groups -OCH3 is 2. The van der Waals surface area contributed by atoms with Gasteiger partial charge in [-0.15, -0.1) is 0 Å². The van der Waals surface area contributed by atoms with Gasteiger partial charge in [0.15, 0.2) is 5.76 Å². The van der Waals surface area contributed by atoms with Crippen molar-refractivity contribution in [1.29, 1.82) is 0 Å². The first-order chi connectivity index (χ1) is 11.0. The molecule has 2 heterocycles. The summed E-state index contributed by atoms with van der Waals surface area (Å²) in [6.07, 6.45) is -0.142. The predicted molar refractivity (Wildman–Crippen MR) is 79.3 cm³/mol. The first-order valence-electron chi connectivity index (χ1n) is 6.94. The number of rotatable bonds is 6. The van der Waals surface area contributed by atoms with Crippen LogP contribution in [0.1, 0.15) is 35.4 Å². The van der Waals surface area contributed by atoms with E-state index in [1.807, 2.05) is 0 Å². The smallest absolute Gasteiger partial charge is 0.306 e. The van der Waals surface area contributed by atoms with E-state index in [4.69, 9.17) is 13.6 Å². The minimum atomic E-state index is -0.777. The van der Waals surface area contributed by atoms with E-state index in [0.29, 0.717) is 11.5 Å². The van der Waals surface area contributed by atoms with Gasteiger partial charge in [-0.25, -0.2) is 0 Å². The number of esters is 1. The van der Waals surface area contributed by atoms with Crippen LogP contribution >= 0.6 is 0 Å². The minimum Gasteiger partial charge on any atom is -0.502 e. The summed E-state index contributed by atoms with van der Waals surface area (Å²) in [4.78, 5) is 23.6. The Morgan fingerprint density at radius 3 is 2.61 bits per heavy atom. The Morgan fingerprint density at radius 1 is 1.30 bits per heavy atom. The summed E-state index contributed by atoms with van der Waals surface area (Å²) in [6.45, 7) is 1.81. The van der Waals surface area contributed by atoms with Crippen molar-refractivity contribution < 1.29 is 28.2 Å². The molecule has 0 amide bonds. The highest BCUT2D eigenvalue weighted by molar-refractivity contribution is 5.71. The number of aromatic hydroxyl groups is 1. The van der Waals surface area contributed by atoms with Crippen molar-refractivity contribution in [3.63, 3.8) is 0 Å². The van der Waals surface area contributed by atoms with Gasteiger partial charge in [0.1, 0.15) is 23.9 Å². The Labute approximate surface area is 132 Å². The fraction of sp³-hybridized carbons (Fsp3) is 0.375. The van der Waals surface area contributed by atoms with Crippen LogP contribution in [-0.2, 0) is 20.9 Å². The summed E-state index contributed by atoms with van der Waals surface area (Å²) in [5.41, 5.74) is -0.614. The lowest BCUT2D eigenvalue weighted by molar-refractivity contribution is -0.141. The summed E-state index contributed by atoms with van der Waals surface area (Å²) >= 11 is 0. The SMILES string of the molecule is COCc1cc(=O)c(O)c([C@H](CC(=O)OC)c2ccc(C)o2)o1. The fourth-order valence-corrected chi connectivity index (χ4v) is 2.22. The first-order valence-corrected chi connectivity index (χ1v) is 6.94. The van der Waals surface area contributed by atoms with Gasteiger partial charge in [-0.2, -0.15) is 0 Å². The van der Waals surface area contributed by atoms with Gasteiger partial charge < -0.3 is 23.4 Å².